The van der Waals surface area contributed by atoms with Crippen molar-refractivity contribution in [1.82, 2.24) is 0 Å². The lowest BCUT2D eigenvalue weighted by atomic mass is 9.46. The molecular formula is C24H38O. The van der Waals surface area contributed by atoms with Crippen molar-refractivity contribution in [3.8, 4) is 0 Å². The Kier molecular flexibility index (Phi) is 3.57. The van der Waals surface area contributed by atoms with Gasteiger partial charge >= 0.3 is 0 Å². The zero-order valence-corrected chi connectivity index (χ0v) is 18.6. The third-order valence-corrected chi connectivity index (χ3v) is 9.46. The average Bonchev–Trinajstić information content (AvgIpc) is 2.55. The first kappa shape index (κ1) is 19.0. The standard InChI is InChI=1S/C24H38O/c1-14-15(2)17(4)19-18(16(14)3)13-23(11)21(7,8)24(12,20(19,5)6)22(9,10)25-23/h13H2,1-12H3. The molecule has 2 atom stereocenters. The van der Waals surface area contributed by atoms with Gasteiger partial charge in [0, 0.05) is 17.3 Å². The number of fused-ring (bicyclic) bond motifs is 3. The monoisotopic (exact) mass is 342 g/mol. The van der Waals surface area contributed by atoms with Crippen molar-refractivity contribution in [1.29, 1.82) is 0 Å². The summed E-state index contributed by atoms with van der Waals surface area (Å²) < 4.78 is 6.92. The van der Waals surface area contributed by atoms with Crippen LogP contribution in [0.2, 0.25) is 0 Å². The molecule has 0 radical (unpaired) electrons. The maximum absolute atomic E-state index is 6.92. The van der Waals surface area contributed by atoms with Crippen molar-refractivity contribution in [2.24, 2.45) is 10.8 Å². The predicted molar refractivity (Wildman–Crippen MR) is 108 cm³/mol. The summed E-state index contributed by atoms with van der Waals surface area (Å²) in [6.07, 6.45) is 1.01. The molecule has 0 saturated carbocycles. The van der Waals surface area contributed by atoms with Crippen molar-refractivity contribution >= 4 is 0 Å². The highest BCUT2D eigenvalue weighted by Gasteiger charge is 2.74. The third-order valence-electron chi connectivity index (χ3n) is 9.46. The van der Waals surface area contributed by atoms with Gasteiger partial charge in [0.15, 0.2) is 0 Å². The molecule has 3 rings (SSSR count). The van der Waals surface area contributed by atoms with Gasteiger partial charge in [0.2, 0.25) is 0 Å². The molecule has 2 bridgehead atoms. The van der Waals surface area contributed by atoms with E-state index in [9.17, 15) is 0 Å². The second kappa shape index (κ2) is 4.71. The van der Waals surface area contributed by atoms with E-state index >= 15 is 0 Å². The van der Waals surface area contributed by atoms with E-state index in [1.54, 1.807) is 11.1 Å². The molecule has 1 saturated heterocycles. The number of rotatable bonds is 0. The van der Waals surface area contributed by atoms with E-state index < -0.39 is 0 Å². The molecule has 1 fully saturated rings. The van der Waals surface area contributed by atoms with Crippen LogP contribution < -0.4 is 0 Å². The van der Waals surface area contributed by atoms with Crippen molar-refractivity contribution in [2.45, 2.75) is 106 Å². The van der Waals surface area contributed by atoms with Crippen LogP contribution in [0.15, 0.2) is 0 Å². The minimum Gasteiger partial charge on any atom is -0.368 e. The summed E-state index contributed by atoms with van der Waals surface area (Å²) in [4.78, 5) is 0. The summed E-state index contributed by atoms with van der Waals surface area (Å²) in [5.74, 6) is 0. The predicted octanol–water partition coefficient (Wildman–Crippen LogP) is 6.35. The van der Waals surface area contributed by atoms with Crippen LogP contribution in [0.25, 0.3) is 0 Å². The number of benzene rings is 1. The highest BCUT2D eigenvalue weighted by molar-refractivity contribution is 5.56. The first-order chi connectivity index (χ1) is 11.1. The van der Waals surface area contributed by atoms with Crippen LogP contribution in [-0.2, 0) is 16.6 Å². The summed E-state index contributed by atoms with van der Waals surface area (Å²) >= 11 is 0. The van der Waals surface area contributed by atoms with E-state index in [-0.39, 0.29) is 27.4 Å². The molecule has 2 unspecified atom stereocenters. The molecule has 25 heavy (non-hydrogen) atoms. The van der Waals surface area contributed by atoms with Gasteiger partial charge in [-0.2, -0.15) is 0 Å². The van der Waals surface area contributed by atoms with Crippen LogP contribution in [0.5, 0.6) is 0 Å². The lowest BCUT2D eigenvalue weighted by Gasteiger charge is -2.56. The van der Waals surface area contributed by atoms with E-state index in [0.29, 0.717) is 0 Å². The summed E-state index contributed by atoms with van der Waals surface area (Å²) in [6.45, 7) is 28.5. The fourth-order valence-electron chi connectivity index (χ4n) is 6.91. The molecule has 0 aromatic heterocycles. The van der Waals surface area contributed by atoms with Gasteiger partial charge in [0.05, 0.1) is 11.2 Å². The zero-order chi connectivity index (χ0) is 19.4. The second-order valence-corrected chi connectivity index (χ2v) is 10.7. The molecule has 1 aromatic rings. The molecule has 0 amide bonds. The van der Waals surface area contributed by atoms with Crippen molar-refractivity contribution < 1.29 is 4.74 Å². The van der Waals surface area contributed by atoms with E-state index in [0.717, 1.165) is 6.42 Å². The Bertz CT molecular complexity index is 765. The molecule has 1 aliphatic carbocycles. The highest BCUT2D eigenvalue weighted by Crippen LogP contribution is 2.72. The molecule has 1 aromatic carbocycles. The van der Waals surface area contributed by atoms with Crippen LogP contribution in [0.1, 0.15) is 88.8 Å². The molecule has 140 valence electrons. The van der Waals surface area contributed by atoms with E-state index in [2.05, 4.69) is 83.1 Å². The largest absolute Gasteiger partial charge is 0.368 e. The van der Waals surface area contributed by atoms with Gasteiger partial charge < -0.3 is 4.74 Å². The smallest absolute Gasteiger partial charge is 0.0759 e. The SMILES string of the molecule is Cc1c(C)c(C)c2c(c1C)CC1(C)OC(C)(C)C(C)(C2(C)C)C1(C)C. The quantitative estimate of drug-likeness (QED) is 0.533. The van der Waals surface area contributed by atoms with Crippen LogP contribution in [-0.4, -0.2) is 11.2 Å². The molecular weight excluding hydrogens is 304 g/mol. The Labute approximate surface area is 155 Å². The van der Waals surface area contributed by atoms with Gasteiger partial charge in [-0.1, -0.05) is 34.6 Å². The molecule has 1 heteroatoms. The number of hydrogen-bond acceptors (Lipinski definition) is 1. The Morgan fingerprint density at radius 2 is 1.16 bits per heavy atom. The van der Waals surface area contributed by atoms with Crippen molar-refractivity contribution in [3.05, 3.63) is 33.4 Å². The van der Waals surface area contributed by atoms with E-state index in [1.165, 1.54) is 22.3 Å². The number of hydrogen-bond donors (Lipinski definition) is 0. The lowest BCUT2D eigenvalue weighted by molar-refractivity contribution is -0.115. The Morgan fingerprint density at radius 3 is 1.68 bits per heavy atom. The van der Waals surface area contributed by atoms with Gasteiger partial charge in [0.25, 0.3) is 0 Å². The van der Waals surface area contributed by atoms with E-state index in [4.69, 9.17) is 4.74 Å². The van der Waals surface area contributed by atoms with Crippen LogP contribution >= 0.6 is 0 Å². The minimum atomic E-state index is -0.175. The third kappa shape index (κ3) is 1.79. The van der Waals surface area contributed by atoms with Crippen LogP contribution in [0.3, 0.4) is 0 Å². The summed E-state index contributed by atoms with van der Waals surface area (Å²) in [6, 6.07) is 0. The summed E-state index contributed by atoms with van der Waals surface area (Å²) in [7, 11) is 0. The van der Waals surface area contributed by atoms with Gasteiger partial charge in [-0.05, 0) is 87.3 Å². The average molecular weight is 343 g/mol. The molecule has 1 nitrogen and oxygen atoms in total. The lowest BCUT2D eigenvalue weighted by Crippen LogP contribution is -2.57. The second-order valence-electron chi connectivity index (χ2n) is 10.7. The minimum absolute atomic E-state index is 0.0197. The van der Waals surface area contributed by atoms with Gasteiger partial charge in [0.1, 0.15) is 0 Å². The first-order valence-electron chi connectivity index (χ1n) is 9.87. The Balaban J connectivity index is 2.53. The summed E-state index contributed by atoms with van der Waals surface area (Å²) in [5.41, 5.74) is 8.79. The van der Waals surface area contributed by atoms with Crippen LogP contribution in [0, 0.1) is 38.5 Å². The van der Waals surface area contributed by atoms with E-state index in [1.807, 2.05) is 0 Å². The molecule has 1 heterocycles. The molecule has 0 N–H and O–H groups in total. The maximum atomic E-state index is 6.92. The van der Waals surface area contributed by atoms with Gasteiger partial charge in [-0.25, -0.2) is 0 Å². The zero-order valence-electron chi connectivity index (χ0n) is 18.6. The fourth-order valence-corrected chi connectivity index (χ4v) is 6.91. The molecule has 2 aliphatic rings. The highest BCUT2D eigenvalue weighted by atomic mass is 16.5. The van der Waals surface area contributed by atoms with Gasteiger partial charge in [-0.15, -0.1) is 0 Å². The topological polar surface area (TPSA) is 9.23 Å². The molecule has 0 spiro atoms. The first-order valence-corrected chi connectivity index (χ1v) is 9.87. The Hall–Kier alpha value is -0.820. The van der Waals surface area contributed by atoms with Crippen LogP contribution in [0.4, 0.5) is 0 Å². The summed E-state index contributed by atoms with van der Waals surface area (Å²) in [5, 5.41) is 0. The normalized spacial score (nSPS) is 34.6. The van der Waals surface area contributed by atoms with Crippen molar-refractivity contribution in [2.75, 3.05) is 0 Å². The Morgan fingerprint density at radius 1 is 0.680 bits per heavy atom. The maximum Gasteiger partial charge on any atom is 0.0759 e. The van der Waals surface area contributed by atoms with Gasteiger partial charge in [-0.3, -0.25) is 0 Å². The van der Waals surface area contributed by atoms with Crippen molar-refractivity contribution in [3.63, 3.8) is 0 Å². The number of ether oxygens (including phenoxy) is 1. The molecule has 1 aliphatic heterocycles. The fraction of sp³-hybridized carbons (Fsp3) is 0.750.